The van der Waals surface area contributed by atoms with Crippen LogP contribution < -0.4 is 0 Å². The Kier molecular flexibility index (Phi) is 1.64. The molecule has 0 aliphatic heterocycles. The van der Waals surface area contributed by atoms with Gasteiger partial charge in [0.05, 0.1) is 0 Å². The van der Waals surface area contributed by atoms with Gasteiger partial charge in [0.15, 0.2) is 0 Å². The zero-order valence-corrected chi connectivity index (χ0v) is 19.0. The summed E-state index contributed by atoms with van der Waals surface area (Å²) in [6, 6.07) is 0. The molecule has 0 heteroatoms. The second-order valence-electron chi connectivity index (χ2n) is 16.9. The van der Waals surface area contributed by atoms with Gasteiger partial charge in [-0.25, -0.2) is 0 Å². The van der Waals surface area contributed by atoms with Crippen molar-refractivity contribution in [3.8, 4) is 0 Å². The molecule has 19 atom stereocenters. The van der Waals surface area contributed by atoms with Crippen LogP contribution in [0, 0.1) is 110 Å². The van der Waals surface area contributed by atoms with Gasteiger partial charge in [0, 0.05) is 5.41 Å². The first-order valence-electron chi connectivity index (χ1n) is 14.9. The first kappa shape index (κ1) is 14.9. The third kappa shape index (κ3) is 0.843. The third-order valence-corrected chi connectivity index (χ3v) is 17.8. The van der Waals surface area contributed by atoms with Crippen molar-refractivity contribution in [3.05, 3.63) is 11.6 Å². The van der Waals surface area contributed by atoms with Gasteiger partial charge in [-0.3, -0.25) is 0 Å². The van der Waals surface area contributed by atoms with E-state index in [1.807, 2.05) is 0 Å². The Labute approximate surface area is 186 Å². The smallest absolute Gasteiger partial charge is 0.00764 e. The first-order chi connectivity index (χ1) is 15.1. The average molecular weight is 409 g/mol. The van der Waals surface area contributed by atoms with Crippen LogP contribution in [0.25, 0.3) is 0 Å². The van der Waals surface area contributed by atoms with Crippen LogP contribution in [-0.4, -0.2) is 0 Å². The van der Waals surface area contributed by atoms with E-state index in [0.717, 1.165) is 50.7 Å². The summed E-state index contributed by atoms with van der Waals surface area (Å²) in [5.41, 5.74) is 6.45. The molecule has 17 aliphatic rings. The summed E-state index contributed by atoms with van der Waals surface area (Å²) < 4.78 is 0. The van der Waals surface area contributed by atoms with Gasteiger partial charge in [0.2, 0.25) is 0 Å². The summed E-state index contributed by atoms with van der Waals surface area (Å²) >= 11 is 0. The van der Waals surface area contributed by atoms with Gasteiger partial charge in [-0.15, -0.1) is 0 Å². The van der Waals surface area contributed by atoms with E-state index in [2.05, 4.69) is 18.6 Å². The van der Waals surface area contributed by atoms with E-state index in [1.54, 1.807) is 57.8 Å². The molecule has 0 heterocycles. The topological polar surface area (TPSA) is 0 Å². The molecular formula is C31H36. The summed E-state index contributed by atoms with van der Waals surface area (Å²) in [5, 5.41) is 0. The maximum Gasteiger partial charge on any atom is 0.00764 e. The van der Waals surface area contributed by atoms with Crippen LogP contribution in [0.15, 0.2) is 11.6 Å². The molecule has 19 unspecified atom stereocenters. The fourth-order valence-corrected chi connectivity index (χ4v) is 20.5. The molecule has 16 fully saturated rings. The Morgan fingerprint density at radius 3 is 2.61 bits per heavy atom. The van der Waals surface area contributed by atoms with Crippen molar-refractivity contribution < 1.29 is 0 Å². The van der Waals surface area contributed by atoms with Crippen molar-refractivity contribution in [2.45, 2.75) is 64.7 Å². The minimum Gasteiger partial charge on any atom is -0.0815 e. The molecule has 18 bridgehead atoms. The van der Waals surface area contributed by atoms with E-state index in [0.29, 0.717) is 0 Å². The van der Waals surface area contributed by atoms with Gasteiger partial charge < -0.3 is 0 Å². The fraction of sp³-hybridized carbons (Fsp3) is 0.935. The molecule has 0 amide bonds. The lowest BCUT2D eigenvalue weighted by Crippen LogP contribution is -2.95. The van der Waals surface area contributed by atoms with E-state index in [4.69, 9.17) is 0 Å². The zero-order valence-electron chi connectivity index (χ0n) is 19.0. The highest BCUT2D eigenvalue weighted by Gasteiger charge is 3.06. The number of hydrogen-bond donors (Lipinski definition) is 0. The molecule has 0 saturated heterocycles. The lowest BCUT2D eigenvalue weighted by Gasteiger charge is -3.00. The van der Waals surface area contributed by atoms with Gasteiger partial charge >= 0.3 is 0 Å². The molecule has 5 spiro atoms. The van der Waals surface area contributed by atoms with Crippen LogP contribution in [0.2, 0.25) is 0 Å². The van der Waals surface area contributed by atoms with Gasteiger partial charge in [0.25, 0.3) is 0 Å². The summed E-state index contributed by atoms with van der Waals surface area (Å²) in [6.07, 6.45) is 18.5. The predicted octanol–water partition coefficient (Wildman–Crippen LogP) is 6.18. The van der Waals surface area contributed by atoms with Gasteiger partial charge in [-0.2, -0.15) is 0 Å². The molecule has 0 aromatic heterocycles. The van der Waals surface area contributed by atoms with Crippen molar-refractivity contribution in [2.75, 3.05) is 0 Å². The van der Waals surface area contributed by atoms with Crippen molar-refractivity contribution in [1.82, 2.24) is 0 Å². The Balaban J connectivity index is 1.32. The van der Waals surface area contributed by atoms with E-state index < -0.39 is 0 Å². The highest BCUT2D eigenvalue weighted by molar-refractivity contribution is 5.61. The van der Waals surface area contributed by atoms with Crippen LogP contribution in [0.1, 0.15) is 64.7 Å². The number of hydrogen-bond acceptors (Lipinski definition) is 0. The monoisotopic (exact) mass is 408 g/mol. The van der Waals surface area contributed by atoms with Crippen LogP contribution in [0.5, 0.6) is 0 Å². The fourth-order valence-electron chi connectivity index (χ4n) is 20.5. The van der Waals surface area contributed by atoms with E-state index in [1.165, 1.54) is 59.2 Å². The lowest BCUT2D eigenvalue weighted by molar-refractivity contribution is -0.507. The maximum atomic E-state index is 3.06. The SMILES string of the molecule is CC1C=C2C3C4C5CC6CC4(C1)C1C4(C6)CC6C7C8CC9CC%10C8CC6C31C2%10C7(C9)C54. The summed E-state index contributed by atoms with van der Waals surface area (Å²) in [4.78, 5) is 0. The average Bonchev–Trinajstić information content (AvgIpc) is 2.77. The van der Waals surface area contributed by atoms with Crippen LogP contribution in [0.3, 0.4) is 0 Å². The molecule has 17 rings (SSSR count). The van der Waals surface area contributed by atoms with Crippen LogP contribution >= 0.6 is 0 Å². The first-order valence-corrected chi connectivity index (χ1v) is 14.9. The summed E-state index contributed by atoms with van der Waals surface area (Å²) in [6.45, 7) is 2.69. The maximum absolute atomic E-state index is 3.06. The molecular weight excluding hydrogens is 372 g/mol. The molecule has 160 valence electrons. The highest BCUT2D eigenvalue weighted by Crippen LogP contribution is 3.10. The van der Waals surface area contributed by atoms with Gasteiger partial charge in [-0.1, -0.05) is 18.6 Å². The predicted molar refractivity (Wildman–Crippen MR) is 116 cm³/mol. The second kappa shape index (κ2) is 3.42. The van der Waals surface area contributed by atoms with Crippen molar-refractivity contribution in [2.24, 2.45) is 110 Å². The molecule has 0 aromatic carbocycles. The molecule has 31 heavy (non-hydrogen) atoms. The van der Waals surface area contributed by atoms with E-state index in [-0.39, 0.29) is 0 Å². The lowest BCUT2D eigenvalue weighted by atomic mass is 9.03. The minimum atomic E-state index is 0.791. The third-order valence-electron chi connectivity index (χ3n) is 17.8. The van der Waals surface area contributed by atoms with Crippen molar-refractivity contribution in [1.29, 1.82) is 0 Å². The minimum absolute atomic E-state index is 0.791. The molecule has 0 nitrogen and oxygen atoms in total. The Morgan fingerprint density at radius 2 is 1.65 bits per heavy atom. The zero-order chi connectivity index (χ0) is 19.2. The van der Waals surface area contributed by atoms with E-state index >= 15 is 0 Å². The van der Waals surface area contributed by atoms with E-state index in [9.17, 15) is 0 Å². The quantitative estimate of drug-likeness (QED) is 0.420. The molecule has 0 radical (unpaired) electrons. The molecule has 0 aromatic rings. The Hall–Kier alpha value is -0.260. The van der Waals surface area contributed by atoms with Crippen molar-refractivity contribution >= 4 is 0 Å². The highest BCUT2D eigenvalue weighted by atomic mass is 15.1. The molecule has 16 saturated carbocycles. The Morgan fingerprint density at radius 1 is 0.742 bits per heavy atom. The standard InChI is InChI=1S/C31H36/c1-12-2-21-24-23-17-4-14-8-27(23,7-12)26-28(9-14)11-18-19-6-15-16-3-13-5-20(15)31(21,30(19,24)26)29(10-13,22(16)18)25(17)28/h2,12-20,22-26H,3-11H2,1H3. The van der Waals surface area contributed by atoms with Crippen LogP contribution in [0.4, 0.5) is 0 Å². The number of allylic oxidation sites excluding steroid dienone is 2. The Bertz CT molecular complexity index is 1150. The summed E-state index contributed by atoms with van der Waals surface area (Å²) in [7, 11) is 0. The second-order valence-corrected chi connectivity index (χ2v) is 16.9. The molecule has 0 N–H and O–H groups in total. The number of rotatable bonds is 0. The summed E-state index contributed by atoms with van der Waals surface area (Å²) in [5.74, 6) is 16.4. The normalized spacial score (nSPS) is 88.5. The van der Waals surface area contributed by atoms with Crippen LogP contribution in [-0.2, 0) is 0 Å². The van der Waals surface area contributed by atoms with Gasteiger partial charge in [-0.05, 0) is 162 Å². The largest absolute Gasteiger partial charge is 0.0815 e. The van der Waals surface area contributed by atoms with Crippen molar-refractivity contribution in [3.63, 3.8) is 0 Å². The van der Waals surface area contributed by atoms with Gasteiger partial charge in [0.1, 0.15) is 0 Å². The molecule has 17 aliphatic carbocycles.